The highest BCUT2D eigenvalue weighted by Gasteiger charge is 2.35. The molecule has 2 N–H and O–H groups in total. The molecule has 3 rings (SSSR count). The van der Waals surface area contributed by atoms with Gasteiger partial charge < -0.3 is 5.73 Å². The lowest BCUT2D eigenvalue weighted by Gasteiger charge is -2.09. The third-order valence-electron chi connectivity index (χ3n) is 3.76. The minimum atomic E-state index is -4.50. The summed E-state index contributed by atoms with van der Waals surface area (Å²) in [6, 6.07) is 15.4. The summed E-state index contributed by atoms with van der Waals surface area (Å²) in [7, 11) is 0. The highest BCUT2D eigenvalue weighted by atomic mass is 32.1. The first-order valence-corrected chi connectivity index (χ1v) is 8.42. The van der Waals surface area contributed by atoms with Crippen molar-refractivity contribution in [2.45, 2.75) is 19.6 Å². The Morgan fingerprint density at radius 3 is 2.07 bits per heavy atom. The SMILES string of the molecule is Cc1ccc(-c2cc(C(F)(F)F)nn2-c2ccc(CN)cc2)cc1.O=S=O. The van der Waals surface area contributed by atoms with Crippen molar-refractivity contribution in [3.63, 3.8) is 0 Å². The highest BCUT2D eigenvalue weighted by molar-refractivity contribution is 7.51. The van der Waals surface area contributed by atoms with Crippen LogP contribution in [0.1, 0.15) is 16.8 Å². The number of nitrogens with two attached hydrogens (primary N) is 1. The second-order valence-electron chi connectivity index (χ2n) is 5.63. The van der Waals surface area contributed by atoms with Gasteiger partial charge >= 0.3 is 17.7 Å². The quantitative estimate of drug-likeness (QED) is 0.734. The summed E-state index contributed by atoms with van der Waals surface area (Å²) in [5.74, 6) is 0. The van der Waals surface area contributed by atoms with Gasteiger partial charge in [-0.25, -0.2) is 4.68 Å². The van der Waals surface area contributed by atoms with Gasteiger partial charge in [-0.1, -0.05) is 42.0 Å². The molecule has 0 radical (unpaired) electrons. The third-order valence-corrected chi connectivity index (χ3v) is 3.76. The first-order valence-electron chi connectivity index (χ1n) is 7.75. The molecule has 0 aliphatic heterocycles. The second-order valence-corrected chi connectivity index (χ2v) is 5.77. The number of rotatable bonds is 3. The van der Waals surface area contributed by atoms with Gasteiger partial charge in [0.05, 0.1) is 11.4 Å². The Hall–Kier alpha value is -2.78. The summed E-state index contributed by atoms with van der Waals surface area (Å²) < 4.78 is 57.2. The van der Waals surface area contributed by atoms with Gasteiger partial charge in [-0.15, -0.1) is 0 Å². The lowest BCUT2D eigenvalue weighted by molar-refractivity contribution is -0.141. The lowest BCUT2D eigenvalue weighted by Crippen LogP contribution is -2.07. The molecule has 1 heterocycles. The van der Waals surface area contributed by atoms with E-state index in [9.17, 15) is 13.2 Å². The van der Waals surface area contributed by atoms with Crippen molar-refractivity contribution in [3.8, 4) is 16.9 Å². The van der Waals surface area contributed by atoms with Crippen LogP contribution in [0.5, 0.6) is 0 Å². The van der Waals surface area contributed by atoms with Gasteiger partial charge in [-0.2, -0.15) is 26.7 Å². The lowest BCUT2D eigenvalue weighted by atomic mass is 10.1. The van der Waals surface area contributed by atoms with E-state index in [1.54, 1.807) is 36.4 Å². The second kappa shape index (κ2) is 8.74. The molecule has 142 valence electrons. The molecule has 1 aromatic heterocycles. The smallest absolute Gasteiger partial charge is 0.326 e. The van der Waals surface area contributed by atoms with E-state index < -0.39 is 23.4 Å². The molecule has 9 heteroatoms. The molecule has 0 bridgehead atoms. The summed E-state index contributed by atoms with van der Waals surface area (Å²) in [5, 5.41) is 3.77. The number of halogens is 3. The molecule has 0 aliphatic rings. The standard InChI is InChI=1S/C18H16F3N3.O2S/c1-12-2-6-14(7-3-12)16-10-17(18(19,20)21)23-24(16)15-8-4-13(11-22)5-9-15;1-3-2/h2-10H,11,22H2,1H3;. The summed E-state index contributed by atoms with van der Waals surface area (Å²) in [6.45, 7) is 2.30. The van der Waals surface area contributed by atoms with Crippen LogP contribution < -0.4 is 5.73 Å². The molecule has 0 saturated carbocycles. The molecule has 0 fully saturated rings. The zero-order valence-electron chi connectivity index (χ0n) is 14.2. The van der Waals surface area contributed by atoms with Crippen molar-refractivity contribution in [2.75, 3.05) is 0 Å². The molecule has 0 saturated heterocycles. The van der Waals surface area contributed by atoms with Crippen molar-refractivity contribution in [2.24, 2.45) is 5.73 Å². The topological polar surface area (TPSA) is 78.0 Å². The van der Waals surface area contributed by atoms with Crippen LogP contribution in [0.3, 0.4) is 0 Å². The molecule has 0 amide bonds. The van der Waals surface area contributed by atoms with Crippen molar-refractivity contribution in [1.82, 2.24) is 9.78 Å². The predicted octanol–water partition coefficient (Wildman–Crippen LogP) is 3.66. The van der Waals surface area contributed by atoms with Crippen LogP contribution in [0, 0.1) is 6.92 Å². The fourth-order valence-corrected chi connectivity index (χ4v) is 2.42. The molecule has 2 aromatic carbocycles. The molecule has 5 nitrogen and oxygen atoms in total. The number of hydrogen-bond acceptors (Lipinski definition) is 4. The van der Waals surface area contributed by atoms with E-state index in [0.717, 1.165) is 17.2 Å². The maximum atomic E-state index is 13.1. The van der Waals surface area contributed by atoms with E-state index in [0.29, 0.717) is 23.5 Å². The maximum absolute atomic E-state index is 13.1. The number of nitrogens with zero attached hydrogens (tertiary/aromatic N) is 2. The zero-order valence-corrected chi connectivity index (χ0v) is 15.1. The largest absolute Gasteiger partial charge is 0.435 e. The van der Waals surface area contributed by atoms with Crippen LogP contribution in [0.15, 0.2) is 54.6 Å². The minimum absolute atomic E-state index is 0.373. The Morgan fingerprint density at radius 2 is 1.59 bits per heavy atom. The van der Waals surface area contributed by atoms with Crippen molar-refractivity contribution in [1.29, 1.82) is 0 Å². The van der Waals surface area contributed by atoms with Crippen molar-refractivity contribution < 1.29 is 21.6 Å². The van der Waals surface area contributed by atoms with Crippen LogP contribution in [0.4, 0.5) is 13.2 Å². The van der Waals surface area contributed by atoms with Crippen LogP contribution in [-0.4, -0.2) is 18.2 Å². The fourth-order valence-electron chi connectivity index (χ4n) is 2.42. The molecule has 0 unspecified atom stereocenters. The molecule has 0 atom stereocenters. The first kappa shape index (κ1) is 20.5. The Labute approximate surface area is 157 Å². The number of hydrogen-bond donors (Lipinski definition) is 1. The van der Waals surface area contributed by atoms with Crippen LogP contribution in [-0.2, 0) is 24.3 Å². The van der Waals surface area contributed by atoms with E-state index in [2.05, 4.69) is 5.10 Å². The molecule has 0 aliphatic carbocycles. The number of aromatic nitrogens is 2. The van der Waals surface area contributed by atoms with E-state index in [1.807, 2.05) is 19.1 Å². The maximum Gasteiger partial charge on any atom is 0.435 e. The summed E-state index contributed by atoms with van der Waals surface area (Å²) in [6.07, 6.45) is -4.50. The Morgan fingerprint density at radius 1 is 1.04 bits per heavy atom. The van der Waals surface area contributed by atoms with E-state index >= 15 is 0 Å². The summed E-state index contributed by atoms with van der Waals surface area (Å²) >= 11 is -0.750. The third kappa shape index (κ3) is 5.11. The van der Waals surface area contributed by atoms with Gasteiger partial charge in [-0.3, -0.25) is 0 Å². The molecule has 3 aromatic rings. The predicted molar refractivity (Wildman–Crippen MR) is 95.6 cm³/mol. The van der Waals surface area contributed by atoms with Gasteiger partial charge in [-0.05, 0) is 30.7 Å². The Bertz CT molecular complexity index is 930. The number of aryl methyl sites for hydroxylation is 1. The number of benzene rings is 2. The summed E-state index contributed by atoms with van der Waals surface area (Å²) in [5.41, 5.74) is 8.20. The average Bonchev–Trinajstić information content (AvgIpc) is 3.09. The molecular weight excluding hydrogens is 379 g/mol. The van der Waals surface area contributed by atoms with Crippen LogP contribution in [0.25, 0.3) is 16.9 Å². The Balaban J connectivity index is 0.000000817. The number of alkyl halides is 3. The average molecular weight is 395 g/mol. The van der Waals surface area contributed by atoms with Gasteiger partial charge in [0, 0.05) is 12.1 Å². The van der Waals surface area contributed by atoms with E-state index in [-0.39, 0.29) is 0 Å². The van der Waals surface area contributed by atoms with Gasteiger partial charge in [0.25, 0.3) is 0 Å². The molecular formula is C18H16F3N3O2S. The molecule has 27 heavy (non-hydrogen) atoms. The van der Waals surface area contributed by atoms with Crippen LogP contribution in [0.2, 0.25) is 0 Å². The highest BCUT2D eigenvalue weighted by Crippen LogP contribution is 2.33. The van der Waals surface area contributed by atoms with E-state index in [4.69, 9.17) is 14.2 Å². The Kier molecular flexibility index (Phi) is 6.65. The summed E-state index contributed by atoms with van der Waals surface area (Å²) in [4.78, 5) is 0. The van der Waals surface area contributed by atoms with Gasteiger partial charge in [0.1, 0.15) is 0 Å². The fraction of sp³-hybridized carbons (Fsp3) is 0.167. The molecule has 0 spiro atoms. The van der Waals surface area contributed by atoms with Gasteiger partial charge in [0.15, 0.2) is 5.69 Å². The monoisotopic (exact) mass is 395 g/mol. The van der Waals surface area contributed by atoms with E-state index in [1.165, 1.54) is 4.68 Å². The minimum Gasteiger partial charge on any atom is -0.326 e. The van der Waals surface area contributed by atoms with Crippen molar-refractivity contribution in [3.05, 3.63) is 71.4 Å². The van der Waals surface area contributed by atoms with Crippen molar-refractivity contribution >= 4 is 11.6 Å². The van der Waals surface area contributed by atoms with Gasteiger partial charge in [0.2, 0.25) is 0 Å². The van der Waals surface area contributed by atoms with Crippen LogP contribution >= 0.6 is 0 Å². The normalized spacial score (nSPS) is 10.9. The first-order chi connectivity index (χ1) is 12.8. The zero-order chi connectivity index (χ0) is 20.0.